The molecule has 0 bridgehead atoms. The summed E-state index contributed by atoms with van der Waals surface area (Å²) in [5.41, 5.74) is 0.162. The van der Waals surface area contributed by atoms with Gasteiger partial charge in [0, 0.05) is 10.5 Å². The number of alkyl halides is 3. The number of ether oxygens (including phenoxy) is 1. The molecule has 0 aromatic heterocycles. The summed E-state index contributed by atoms with van der Waals surface area (Å²) in [6, 6.07) is 6.69. The lowest BCUT2D eigenvalue weighted by Gasteiger charge is -2.12. The molecular weight excluding hydrogens is 287 g/mol. The van der Waals surface area contributed by atoms with Crippen molar-refractivity contribution < 1.29 is 17.9 Å². The van der Waals surface area contributed by atoms with Crippen LogP contribution in [0.4, 0.5) is 18.9 Å². The Hall–Kier alpha value is -1.35. The summed E-state index contributed by atoms with van der Waals surface area (Å²) in [4.78, 5) is 0. The molecule has 86 valence electrons. The molecule has 1 rings (SSSR count). The number of hydrogen-bond donors (Lipinski definition) is 1. The van der Waals surface area contributed by atoms with Crippen molar-refractivity contribution in [2.75, 3.05) is 5.32 Å². The van der Waals surface area contributed by atoms with Gasteiger partial charge in [-0.1, -0.05) is 21.9 Å². The van der Waals surface area contributed by atoms with Crippen LogP contribution in [0, 0.1) is 12.0 Å². The molecule has 1 N–H and O–H groups in total. The highest BCUT2D eigenvalue weighted by Crippen LogP contribution is 2.32. The summed E-state index contributed by atoms with van der Waals surface area (Å²) in [5, 5.41) is 2.51. The molecule has 0 fully saturated rings. The molecule has 1 aromatic rings. The lowest BCUT2D eigenvalue weighted by atomic mass is 10.3. The van der Waals surface area contributed by atoms with Crippen molar-refractivity contribution in [3.63, 3.8) is 0 Å². The van der Waals surface area contributed by atoms with Gasteiger partial charge < -0.3 is 10.1 Å². The van der Waals surface area contributed by atoms with Gasteiger partial charge in [-0.3, -0.25) is 0 Å². The summed E-state index contributed by atoms with van der Waals surface area (Å²) in [6.45, 7) is 1.57. The highest BCUT2D eigenvalue weighted by Gasteiger charge is 2.32. The highest BCUT2D eigenvalue weighted by atomic mass is 79.9. The summed E-state index contributed by atoms with van der Waals surface area (Å²) in [6.07, 6.45) is -4.73. The van der Waals surface area contributed by atoms with Crippen molar-refractivity contribution in [3.05, 3.63) is 22.7 Å². The molecule has 0 saturated heterocycles. The highest BCUT2D eigenvalue weighted by molar-refractivity contribution is 9.10. The van der Waals surface area contributed by atoms with Crippen LogP contribution in [0.3, 0.4) is 0 Å². The second kappa shape index (κ2) is 5.12. The van der Waals surface area contributed by atoms with Gasteiger partial charge in [0.2, 0.25) is 0 Å². The third kappa shape index (κ3) is 4.03. The first-order chi connectivity index (χ1) is 7.42. The molecule has 0 aliphatic rings. The van der Waals surface area contributed by atoms with E-state index in [-0.39, 0.29) is 11.4 Å². The summed E-state index contributed by atoms with van der Waals surface area (Å²) in [5.74, 6) is 2.18. The number of anilines is 1. The van der Waals surface area contributed by atoms with Gasteiger partial charge in [0.15, 0.2) is 5.75 Å². The fourth-order valence-corrected chi connectivity index (χ4v) is 1.28. The van der Waals surface area contributed by atoms with Crippen LogP contribution in [0.15, 0.2) is 22.7 Å². The molecule has 6 heteroatoms. The van der Waals surface area contributed by atoms with Crippen LogP contribution in [0.1, 0.15) is 6.92 Å². The van der Waals surface area contributed by atoms with Crippen molar-refractivity contribution in [3.8, 4) is 17.7 Å². The van der Waals surface area contributed by atoms with Crippen LogP contribution in [0.2, 0.25) is 0 Å². The van der Waals surface area contributed by atoms with Crippen molar-refractivity contribution >= 4 is 21.6 Å². The first-order valence-corrected chi connectivity index (χ1v) is 4.95. The normalized spacial score (nSPS) is 10.3. The minimum atomic E-state index is -4.73. The van der Waals surface area contributed by atoms with Crippen LogP contribution < -0.4 is 10.1 Å². The standard InChI is InChI=1S/C10H7BrF3NO/c1-2-5-15-8-4-3-7(11)6-9(8)16-10(12,13)14/h3-4,6,15H,1H3. The van der Waals surface area contributed by atoms with Crippen LogP contribution in [0.25, 0.3) is 0 Å². The van der Waals surface area contributed by atoms with Gasteiger partial charge in [-0.2, -0.15) is 0 Å². The summed E-state index contributed by atoms with van der Waals surface area (Å²) >= 11 is 3.06. The minimum Gasteiger partial charge on any atom is -0.403 e. The zero-order chi connectivity index (χ0) is 12.2. The molecule has 0 radical (unpaired) electrons. The quantitative estimate of drug-likeness (QED) is 0.662. The molecule has 0 heterocycles. The van der Waals surface area contributed by atoms with Gasteiger partial charge >= 0.3 is 6.36 Å². The smallest absolute Gasteiger partial charge is 0.403 e. The second-order valence-electron chi connectivity index (χ2n) is 2.69. The number of rotatable bonds is 2. The van der Waals surface area contributed by atoms with E-state index in [1.165, 1.54) is 12.1 Å². The van der Waals surface area contributed by atoms with Gasteiger partial charge in [0.1, 0.15) is 0 Å². The number of nitrogens with one attached hydrogen (secondary N) is 1. The number of hydrogen-bond acceptors (Lipinski definition) is 2. The molecular formula is C10H7BrF3NO. The van der Waals surface area contributed by atoms with Crippen molar-refractivity contribution in [2.45, 2.75) is 13.3 Å². The van der Waals surface area contributed by atoms with E-state index in [0.29, 0.717) is 4.47 Å². The van der Waals surface area contributed by atoms with Crippen molar-refractivity contribution in [2.24, 2.45) is 0 Å². The first-order valence-electron chi connectivity index (χ1n) is 4.15. The van der Waals surface area contributed by atoms with Gasteiger partial charge in [0.05, 0.1) is 5.69 Å². The lowest BCUT2D eigenvalue weighted by molar-refractivity contribution is -0.274. The monoisotopic (exact) mass is 293 g/mol. The van der Waals surface area contributed by atoms with Gasteiger partial charge in [-0.15, -0.1) is 13.2 Å². The maximum atomic E-state index is 12.1. The van der Waals surface area contributed by atoms with E-state index in [0.717, 1.165) is 0 Å². The van der Waals surface area contributed by atoms with E-state index in [1.807, 2.05) is 0 Å². The molecule has 0 spiro atoms. The van der Waals surface area contributed by atoms with Crippen LogP contribution in [-0.4, -0.2) is 6.36 Å². The number of halogens is 4. The zero-order valence-corrected chi connectivity index (χ0v) is 9.74. The third-order valence-corrected chi connectivity index (χ3v) is 1.98. The lowest BCUT2D eigenvalue weighted by Crippen LogP contribution is -2.17. The largest absolute Gasteiger partial charge is 0.573 e. The van der Waals surface area contributed by atoms with E-state index in [9.17, 15) is 13.2 Å². The molecule has 0 atom stereocenters. The van der Waals surface area contributed by atoms with Gasteiger partial charge in [-0.05, 0) is 25.1 Å². The average Bonchev–Trinajstić information content (AvgIpc) is 2.14. The SMILES string of the molecule is CC#CNc1ccc(Br)cc1OC(F)(F)F. The maximum Gasteiger partial charge on any atom is 0.573 e. The summed E-state index contributed by atoms with van der Waals surface area (Å²) < 4.78 is 40.6. The molecule has 0 aliphatic heterocycles. The van der Waals surface area contributed by atoms with Crippen molar-refractivity contribution in [1.82, 2.24) is 0 Å². The molecule has 0 unspecified atom stereocenters. The van der Waals surface area contributed by atoms with E-state index in [2.05, 4.69) is 37.9 Å². The predicted octanol–water partition coefficient (Wildman–Crippen LogP) is 3.74. The molecule has 0 amide bonds. The third-order valence-electron chi connectivity index (χ3n) is 1.49. The molecule has 2 nitrogen and oxygen atoms in total. The van der Waals surface area contributed by atoms with Gasteiger partial charge in [0.25, 0.3) is 0 Å². The van der Waals surface area contributed by atoms with E-state index in [4.69, 9.17) is 0 Å². The van der Waals surface area contributed by atoms with Crippen molar-refractivity contribution in [1.29, 1.82) is 0 Å². The van der Waals surface area contributed by atoms with E-state index >= 15 is 0 Å². The van der Waals surface area contributed by atoms with Crippen LogP contribution >= 0.6 is 15.9 Å². The Kier molecular flexibility index (Phi) is 4.07. The first kappa shape index (κ1) is 12.7. The Bertz CT molecular complexity index is 434. The van der Waals surface area contributed by atoms with Crippen LogP contribution in [0.5, 0.6) is 5.75 Å². The maximum absolute atomic E-state index is 12.1. The average molecular weight is 294 g/mol. The Morgan fingerprint density at radius 1 is 1.38 bits per heavy atom. The Morgan fingerprint density at radius 2 is 2.06 bits per heavy atom. The molecule has 1 aromatic carbocycles. The number of benzene rings is 1. The predicted molar refractivity (Wildman–Crippen MR) is 57.9 cm³/mol. The Balaban J connectivity index is 3.01. The topological polar surface area (TPSA) is 21.3 Å². The molecule has 0 aliphatic carbocycles. The van der Waals surface area contributed by atoms with Gasteiger partial charge in [-0.25, -0.2) is 0 Å². The Morgan fingerprint density at radius 3 is 2.62 bits per heavy atom. The summed E-state index contributed by atoms with van der Waals surface area (Å²) in [7, 11) is 0. The molecule has 16 heavy (non-hydrogen) atoms. The molecule has 0 saturated carbocycles. The van der Waals surface area contributed by atoms with E-state index in [1.54, 1.807) is 13.0 Å². The second-order valence-corrected chi connectivity index (χ2v) is 3.60. The Labute approximate surface area is 98.9 Å². The fourth-order valence-electron chi connectivity index (χ4n) is 0.938. The fraction of sp³-hybridized carbons (Fsp3) is 0.200. The van der Waals surface area contributed by atoms with Crippen LogP contribution in [-0.2, 0) is 0 Å². The minimum absolute atomic E-state index is 0.162. The van der Waals surface area contributed by atoms with E-state index < -0.39 is 6.36 Å². The zero-order valence-electron chi connectivity index (χ0n) is 8.15.